The lowest BCUT2D eigenvalue weighted by Crippen LogP contribution is -2.36. The molecule has 0 bridgehead atoms. The van der Waals surface area contributed by atoms with E-state index in [1.165, 1.54) is 7.11 Å². The molecule has 1 heterocycles. The number of aliphatic hydroxyl groups is 2. The molecule has 0 aromatic heterocycles. The molecule has 0 aromatic rings. The molecule has 12 heavy (non-hydrogen) atoms. The van der Waals surface area contributed by atoms with Crippen LogP contribution in [0.1, 0.15) is 0 Å². The lowest BCUT2D eigenvalue weighted by molar-refractivity contribution is -0.172. The lowest BCUT2D eigenvalue weighted by Gasteiger charge is -2.11. The summed E-state index contributed by atoms with van der Waals surface area (Å²) < 4.78 is 9.25. The molecule has 6 nitrogen and oxygen atoms in total. The van der Waals surface area contributed by atoms with Crippen molar-refractivity contribution in [3.63, 3.8) is 0 Å². The molecule has 0 amide bonds. The van der Waals surface area contributed by atoms with E-state index in [9.17, 15) is 4.79 Å². The minimum atomic E-state index is -1.44. The van der Waals surface area contributed by atoms with E-state index in [4.69, 9.17) is 15.3 Å². The molecule has 3 N–H and O–H groups in total. The van der Waals surface area contributed by atoms with E-state index in [1.807, 2.05) is 0 Å². The molecule has 0 aliphatic carbocycles. The summed E-state index contributed by atoms with van der Waals surface area (Å²) in [5.41, 5.74) is 0. The molecule has 0 spiro atoms. The molecule has 0 aromatic carbocycles. The van der Waals surface area contributed by atoms with Crippen molar-refractivity contribution in [2.45, 2.75) is 24.6 Å². The SMILES string of the molecule is CO[C@H]1O[C@H](C(=O)O)[C@@H](O)[C@@H]1O. The van der Waals surface area contributed by atoms with Gasteiger partial charge in [-0.2, -0.15) is 0 Å². The smallest absolute Gasteiger partial charge is 0.335 e. The van der Waals surface area contributed by atoms with Crippen LogP contribution in [-0.4, -0.2) is 53.0 Å². The molecule has 1 rings (SSSR count). The molecule has 1 aliphatic heterocycles. The molecule has 0 unspecified atom stereocenters. The fraction of sp³-hybridized carbons (Fsp3) is 0.833. The Bertz CT molecular complexity index is 181. The second-order valence-corrected chi connectivity index (χ2v) is 2.48. The second kappa shape index (κ2) is 3.36. The average Bonchev–Trinajstić information content (AvgIpc) is 2.30. The average molecular weight is 178 g/mol. The van der Waals surface area contributed by atoms with Gasteiger partial charge in [-0.3, -0.25) is 0 Å². The molecule has 4 atom stereocenters. The highest BCUT2D eigenvalue weighted by Crippen LogP contribution is 2.21. The highest BCUT2D eigenvalue weighted by atomic mass is 16.7. The van der Waals surface area contributed by atoms with Gasteiger partial charge in [0.15, 0.2) is 12.4 Å². The Balaban J connectivity index is 2.66. The fourth-order valence-corrected chi connectivity index (χ4v) is 1.04. The lowest BCUT2D eigenvalue weighted by atomic mass is 10.1. The van der Waals surface area contributed by atoms with Gasteiger partial charge in [0.05, 0.1) is 0 Å². The van der Waals surface area contributed by atoms with E-state index in [2.05, 4.69) is 9.47 Å². The van der Waals surface area contributed by atoms with Crippen LogP contribution in [-0.2, 0) is 14.3 Å². The third-order valence-electron chi connectivity index (χ3n) is 1.70. The third kappa shape index (κ3) is 1.42. The molecule has 0 saturated carbocycles. The quantitative estimate of drug-likeness (QED) is 0.460. The van der Waals surface area contributed by atoms with Crippen LogP contribution in [0.2, 0.25) is 0 Å². The van der Waals surface area contributed by atoms with Crippen LogP contribution in [0.25, 0.3) is 0 Å². The maximum Gasteiger partial charge on any atom is 0.335 e. The molecule has 1 fully saturated rings. The van der Waals surface area contributed by atoms with Gasteiger partial charge in [0.1, 0.15) is 12.2 Å². The largest absolute Gasteiger partial charge is 0.479 e. The molecule has 1 aliphatic rings. The van der Waals surface area contributed by atoms with Crippen molar-refractivity contribution in [3.05, 3.63) is 0 Å². The van der Waals surface area contributed by atoms with Gasteiger partial charge in [-0.1, -0.05) is 0 Å². The number of carboxylic acid groups (broad SMARTS) is 1. The van der Waals surface area contributed by atoms with Crippen molar-refractivity contribution in [2.75, 3.05) is 7.11 Å². The summed E-state index contributed by atoms with van der Waals surface area (Å²) in [6, 6.07) is 0. The predicted octanol–water partition coefficient (Wildman–Crippen LogP) is -1.84. The van der Waals surface area contributed by atoms with E-state index in [0.717, 1.165) is 0 Å². The highest BCUT2D eigenvalue weighted by Gasteiger charge is 2.46. The zero-order valence-corrected chi connectivity index (χ0v) is 6.38. The van der Waals surface area contributed by atoms with Crippen LogP contribution in [0.3, 0.4) is 0 Å². The topological polar surface area (TPSA) is 96.2 Å². The maximum absolute atomic E-state index is 10.4. The fourth-order valence-electron chi connectivity index (χ4n) is 1.04. The zero-order valence-electron chi connectivity index (χ0n) is 6.38. The van der Waals surface area contributed by atoms with Crippen molar-refractivity contribution in [2.24, 2.45) is 0 Å². The van der Waals surface area contributed by atoms with Crippen molar-refractivity contribution >= 4 is 5.97 Å². The first-order chi connectivity index (χ1) is 5.57. The standard InChI is InChI=1S/C6H10O6/c1-11-6-3(8)2(7)4(12-6)5(9)10/h2-4,6-8H,1H3,(H,9,10)/t2-,3-,4-,6-/m0/s1. The van der Waals surface area contributed by atoms with Gasteiger partial charge in [-0.05, 0) is 0 Å². The zero-order chi connectivity index (χ0) is 9.30. The third-order valence-corrected chi connectivity index (χ3v) is 1.70. The van der Waals surface area contributed by atoms with Crippen LogP contribution >= 0.6 is 0 Å². The molecular weight excluding hydrogens is 168 g/mol. The molecule has 0 radical (unpaired) electrons. The number of ether oxygens (including phenoxy) is 2. The summed E-state index contributed by atoms with van der Waals surface area (Å²) in [4.78, 5) is 10.4. The summed E-state index contributed by atoms with van der Waals surface area (Å²) in [6.45, 7) is 0. The van der Waals surface area contributed by atoms with Crippen LogP contribution in [0.15, 0.2) is 0 Å². The normalized spacial score (nSPS) is 41.6. The van der Waals surface area contributed by atoms with Gasteiger partial charge in [-0.15, -0.1) is 0 Å². The van der Waals surface area contributed by atoms with Crippen molar-refractivity contribution in [3.8, 4) is 0 Å². The summed E-state index contributed by atoms with van der Waals surface area (Å²) in [5, 5.41) is 26.7. The number of rotatable bonds is 2. The maximum atomic E-state index is 10.4. The summed E-state index contributed by atoms with van der Waals surface area (Å²) >= 11 is 0. The van der Waals surface area contributed by atoms with Gasteiger partial charge < -0.3 is 24.8 Å². The number of aliphatic hydroxyl groups excluding tert-OH is 2. The number of aliphatic carboxylic acids is 1. The number of carbonyl (C=O) groups is 1. The van der Waals surface area contributed by atoms with E-state index in [-0.39, 0.29) is 0 Å². The monoisotopic (exact) mass is 178 g/mol. The first kappa shape index (κ1) is 9.40. The number of methoxy groups -OCH3 is 1. The number of hydrogen-bond donors (Lipinski definition) is 3. The Morgan fingerprint density at radius 1 is 1.42 bits per heavy atom. The minimum Gasteiger partial charge on any atom is -0.479 e. The van der Waals surface area contributed by atoms with Crippen LogP contribution in [0.4, 0.5) is 0 Å². The summed E-state index contributed by atoms with van der Waals surface area (Å²) in [5.74, 6) is -1.32. The van der Waals surface area contributed by atoms with Crippen molar-refractivity contribution < 1.29 is 29.6 Å². The Labute approximate surface area is 68.3 Å². The molecule has 6 heteroatoms. The summed E-state index contributed by atoms with van der Waals surface area (Å²) in [7, 11) is 1.25. The number of hydrogen-bond acceptors (Lipinski definition) is 5. The van der Waals surface area contributed by atoms with Gasteiger partial charge in [-0.25, -0.2) is 4.79 Å². The van der Waals surface area contributed by atoms with Gasteiger partial charge in [0, 0.05) is 7.11 Å². The summed E-state index contributed by atoms with van der Waals surface area (Å²) in [6.07, 6.45) is -5.23. The predicted molar refractivity (Wildman–Crippen MR) is 35.3 cm³/mol. The first-order valence-electron chi connectivity index (χ1n) is 3.35. The van der Waals surface area contributed by atoms with Crippen molar-refractivity contribution in [1.29, 1.82) is 0 Å². The second-order valence-electron chi connectivity index (χ2n) is 2.48. The Kier molecular flexibility index (Phi) is 2.63. The minimum absolute atomic E-state index is 1.07. The Hall–Kier alpha value is -0.690. The molecule has 70 valence electrons. The van der Waals surface area contributed by atoms with E-state index >= 15 is 0 Å². The van der Waals surface area contributed by atoms with Gasteiger partial charge in [0.2, 0.25) is 0 Å². The first-order valence-corrected chi connectivity index (χ1v) is 3.35. The van der Waals surface area contributed by atoms with E-state index in [0.29, 0.717) is 0 Å². The highest BCUT2D eigenvalue weighted by molar-refractivity contribution is 5.73. The van der Waals surface area contributed by atoms with Crippen molar-refractivity contribution in [1.82, 2.24) is 0 Å². The van der Waals surface area contributed by atoms with Gasteiger partial charge >= 0.3 is 5.97 Å². The molecule has 1 saturated heterocycles. The van der Waals surface area contributed by atoms with E-state index in [1.54, 1.807) is 0 Å². The van der Waals surface area contributed by atoms with Crippen LogP contribution < -0.4 is 0 Å². The molecular formula is C6H10O6. The van der Waals surface area contributed by atoms with E-state index < -0.39 is 30.6 Å². The Morgan fingerprint density at radius 3 is 2.25 bits per heavy atom. The van der Waals surface area contributed by atoms with Crippen LogP contribution in [0.5, 0.6) is 0 Å². The van der Waals surface area contributed by atoms with Gasteiger partial charge in [0.25, 0.3) is 0 Å². The number of carboxylic acids is 1. The Morgan fingerprint density at radius 2 is 2.00 bits per heavy atom. The van der Waals surface area contributed by atoms with Crippen LogP contribution in [0, 0.1) is 0 Å².